The van der Waals surface area contributed by atoms with Crippen molar-refractivity contribution in [2.75, 3.05) is 6.54 Å². The first kappa shape index (κ1) is 14.0. The lowest BCUT2D eigenvalue weighted by molar-refractivity contribution is -0.122. The topological polar surface area (TPSA) is 41.1 Å². The van der Waals surface area contributed by atoms with E-state index in [1.807, 2.05) is 6.92 Å². The van der Waals surface area contributed by atoms with Gasteiger partial charge in [0.05, 0.1) is 12.6 Å². The summed E-state index contributed by atoms with van der Waals surface area (Å²) < 4.78 is 0. The molecule has 0 saturated carbocycles. The number of nitrogens with one attached hydrogen (secondary N) is 2. The smallest absolute Gasteiger partial charge is 0.237 e. The second kappa shape index (κ2) is 8.31. The molecule has 0 fully saturated rings. The van der Waals surface area contributed by atoms with Gasteiger partial charge in [-0.2, -0.15) is 0 Å². The Kier molecular flexibility index (Phi) is 7.75. The molecule has 2 unspecified atom stereocenters. The summed E-state index contributed by atoms with van der Waals surface area (Å²) in [5.41, 5.74) is 0. The summed E-state index contributed by atoms with van der Waals surface area (Å²) in [6.45, 7) is 6.44. The highest BCUT2D eigenvalue weighted by molar-refractivity contribution is 5.81. The van der Waals surface area contributed by atoms with Crippen LogP contribution in [0.25, 0.3) is 0 Å². The molecular formula is C12H22N2O. The van der Waals surface area contributed by atoms with Crippen molar-refractivity contribution in [3.8, 4) is 12.3 Å². The van der Waals surface area contributed by atoms with Gasteiger partial charge in [0.2, 0.25) is 5.91 Å². The number of hydrogen-bond acceptors (Lipinski definition) is 2. The Labute approximate surface area is 93.0 Å². The van der Waals surface area contributed by atoms with Crippen LogP contribution in [-0.4, -0.2) is 24.5 Å². The number of terminal acetylenes is 1. The van der Waals surface area contributed by atoms with Crippen molar-refractivity contribution in [2.24, 2.45) is 0 Å². The highest BCUT2D eigenvalue weighted by Gasteiger charge is 2.15. The monoisotopic (exact) mass is 210 g/mol. The zero-order chi connectivity index (χ0) is 11.7. The van der Waals surface area contributed by atoms with Gasteiger partial charge in [-0.15, -0.1) is 6.42 Å². The molecule has 0 saturated heterocycles. The van der Waals surface area contributed by atoms with Gasteiger partial charge in [-0.1, -0.05) is 26.2 Å². The predicted molar refractivity (Wildman–Crippen MR) is 63.4 cm³/mol. The third-order valence-electron chi connectivity index (χ3n) is 2.37. The van der Waals surface area contributed by atoms with Crippen LogP contribution in [0.4, 0.5) is 0 Å². The zero-order valence-corrected chi connectivity index (χ0v) is 9.97. The minimum Gasteiger partial charge on any atom is -0.344 e. The molecule has 0 aromatic heterocycles. The molecular weight excluding hydrogens is 188 g/mol. The van der Waals surface area contributed by atoms with E-state index in [9.17, 15) is 4.79 Å². The van der Waals surface area contributed by atoms with Gasteiger partial charge < -0.3 is 10.6 Å². The minimum atomic E-state index is -0.171. The lowest BCUT2D eigenvalue weighted by Crippen LogP contribution is -2.46. The molecule has 2 N–H and O–H groups in total. The average Bonchev–Trinajstić information content (AvgIpc) is 2.24. The third kappa shape index (κ3) is 6.14. The molecule has 0 spiro atoms. The highest BCUT2D eigenvalue weighted by atomic mass is 16.2. The van der Waals surface area contributed by atoms with Crippen molar-refractivity contribution in [2.45, 2.75) is 52.1 Å². The Hall–Kier alpha value is -1.01. The second-order valence-electron chi connectivity index (χ2n) is 3.70. The van der Waals surface area contributed by atoms with Crippen LogP contribution in [0.3, 0.4) is 0 Å². The van der Waals surface area contributed by atoms with E-state index in [4.69, 9.17) is 6.42 Å². The molecule has 3 heteroatoms. The van der Waals surface area contributed by atoms with Crippen LogP contribution in [0, 0.1) is 12.3 Å². The van der Waals surface area contributed by atoms with Crippen molar-refractivity contribution in [3.63, 3.8) is 0 Å². The SMILES string of the molecule is C#CCNC(=O)C(C)NC(CC)CCC. The van der Waals surface area contributed by atoms with E-state index in [0.717, 1.165) is 19.3 Å². The van der Waals surface area contributed by atoms with Gasteiger partial charge >= 0.3 is 0 Å². The van der Waals surface area contributed by atoms with Crippen molar-refractivity contribution >= 4 is 5.91 Å². The molecule has 0 aliphatic carbocycles. The number of amides is 1. The summed E-state index contributed by atoms with van der Waals surface area (Å²) >= 11 is 0. The fraction of sp³-hybridized carbons (Fsp3) is 0.750. The van der Waals surface area contributed by atoms with E-state index in [1.165, 1.54) is 0 Å². The lowest BCUT2D eigenvalue weighted by Gasteiger charge is -2.20. The van der Waals surface area contributed by atoms with Crippen LogP contribution in [0.5, 0.6) is 0 Å². The van der Waals surface area contributed by atoms with E-state index in [-0.39, 0.29) is 11.9 Å². The van der Waals surface area contributed by atoms with E-state index < -0.39 is 0 Å². The lowest BCUT2D eigenvalue weighted by atomic mass is 10.1. The van der Waals surface area contributed by atoms with Crippen LogP contribution < -0.4 is 10.6 Å². The molecule has 15 heavy (non-hydrogen) atoms. The number of rotatable bonds is 7. The third-order valence-corrected chi connectivity index (χ3v) is 2.37. The molecule has 0 aromatic carbocycles. The van der Waals surface area contributed by atoms with Gasteiger partial charge in [0.1, 0.15) is 0 Å². The minimum absolute atomic E-state index is 0.0255. The first-order valence-electron chi connectivity index (χ1n) is 5.62. The Balaban J connectivity index is 3.93. The van der Waals surface area contributed by atoms with Crippen LogP contribution >= 0.6 is 0 Å². The van der Waals surface area contributed by atoms with E-state index in [2.05, 4.69) is 30.4 Å². The molecule has 86 valence electrons. The Morgan fingerprint density at radius 3 is 2.60 bits per heavy atom. The molecule has 3 nitrogen and oxygen atoms in total. The van der Waals surface area contributed by atoms with Crippen molar-refractivity contribution in [1.82, 2.24) is 10.6 Å². The van der Waals surface area contributed by atoms with Crippen molar-refractivity contribution < 1.29 is 4.79 Å². The molecule has 0 radical (unpaired) electrons. The molecule has 0 aromatic rings. The summed E-state index contributed by atoms with van der Waals surface area (Å²) in [5.74, 6) is 2.36. The van der Waals surface area contributed by atoms with Gasteiger partial charge in [0.15, 0.2) is 0 Å². The van der Waals surface area contributed by atoms with E-state index in [1.54, 1.807) is 0 Å². The average molecular weight is 210 g/mol. The standard InChI is InChI=1S/C12H22N2O/c1-5-8-11(7-3)14-10(4)12(15)13-9-6-2/h2,10-11,14H,5,7-9H2,1,3-4H3,(H,13,15). The maximum atomic E-state index is 11.5. The maximum absolute atomic E-state index is 11.5. The van der Waals surface area contributed by atoms with Gasteiger partial charge in [-0.3, -0.25) is 4.79 Å². The Morgan fingerprint density at radius 2 is 2.13 bits per heavy atom. The van der Waals surface area contributed by atoms with Gasteiger partial charge in [-0.25, -0.2) is 0 Å². The van der Waals surface area contributed by atoms with Gasteiger partial charge in [0.25, 0.3) is 0 Å². The molecule has 0 bridgehead atoms. The second-order valence-corrected chi connectivity index (χ2v) is 3.70. The normalized spacial score (nSPS) is 14.0. The van der Waals surface area contributed by atoms with Crippen molar-refractivity contribution in [3.05, 3.63) is 0 Å². The molecule has 2 atom stereocenters. The predicted octanol–water partition coefficient (Wildman–Crippen LogP) is 1.29. The summed E-state index contributed by atoms with van der Waals surface area (Å²) in [6, 6.07) is 0.247. The zero-order valence-electron chi connectivity index (χ0n) is 9.97. The summed E-state index contributed by atoms with van der Waals surface area (Å²) in [6.07, 6.45) is 8.34. The number of hydrogen-bond donors (Lipinski definition) is 2. The summed E-state index contributed by atoms with van der Waals surface area (Å²) in [4.78, 5) is 11.5. The molecule has 0 heterocycles. The number of carbonyl (C=O) groups is 1. The number of carbonyl (C=O) groups excluding carboxylic acids is 1. The van der Waals surface area contributed by atoms with Gasteiger partial charge in [0, 0.05) is 6.04 Å². The first-order chi connectivity index (χ1) is 7.15. The van der Waals surface area contributed by atoms with E-state index >= 15 is 0 Å². The van der Waals surface area contributed by atoms with Crippen LogP contribution in [0.2, 0.25) is 0 Å². The molecule has 0 aliphatic rings. The molecule has 0 rings (SSSR count). The van der Waals surface area contributed by atoms with Crippen molar-refractivity contribution in [1.29, 1.82) is 0 Å². The Morgan fingerprint density at radius 1 is 1.47 bits per heavy atom. The summed E-state index contributed by atoms with van der Waals surface area (Å²) in [5, 5.41) is 5.96. The molecule has 1 amide bonds. The quantitative estimate of drug-likeness (QED) is 0.622. The van der Waals surface area contributed by atoms with Crippen LogP contribution in [-0.2, 0) is 4.79 Å². The fourth-order valence-corrected chi connectivity index (χ4v) is 1.47. The van der Waals surface area contributed by atoms with Crippen LogP contribution in [0.15, 0.2) is 0 Å². The first-order valence-corrected chi connectivity index (χ1v) is 5.62. The van der Waals surface area contributed by atoms with E-state index in [0.29, 0.717) is 12.6 Å². The highest BCUT2D eigenvalue weighted by Crippen LogP contribution is 2.02. The maximum Gasteiger partial charge on any atom is 0.237 e. The summed E-state index contributed by atoms with van der Waals surface area (Å²) in [7, 11) is 0. The van der Waals surface area contributed by atoms with Crippen LogP contribution in [0.1, 0.15) is 40.0 Å². The Bertz CT molecular complexity index is 220. The van der Waals surface area contributed by atoms with Gasteiger partial charge in [-0.05, 0) is 19.8 Å². The largest absolute Gasteiger partial charge is 0.344 e. The fourth-order valence-electron chi connectivity index (χ4n) is 1.47. The molecule has 0 aliphatic heterocycles.